The Morgan fingerprint density at radius 3 is 2.62 bits per heavy atom. The second kappa shape index (κ2) is 11.7. The number of hydrogen-bond donors (Lipinski definition) is 2. The fourth-order valence-corrected chi connectivity index (χ4v) is 2.16. The van der Waals surface area contributed by atoms with E-state index in [1.165, 1.54) is 12.1 Å². The molecule has 7 heteroatoms. The minimum atomic E-state index is -0.240. The molecule has 5 nitrogen and oxygen atoms in total. The van der Waals surface area contributed by atoms with Crippen molar-refractivity contribution in [1.29, 1.82) is 0 Å². The smallest absolute Gasteiger partial charge is 0.213 e. The van der Waals surface area contributed by atoms with Crippen LogP contribution >= 0.6 is 24.0 Å². The molecule has 0 saturated heterocycles. The number of pyridine rings is 1. The van der Waals surface area contributed by atoms with Crippen LogP contribution < -0.4 is 15.4 Å². The van der Waals surface area contributed by atoms with Gasteiger partial charge in [-0.05, 0) is 44.0 Å². The third-order valence-corrected chi connectivity index (χ3v) is 3.27. The molecule has 1 heterocycles. The van der Waals surface area contributed by atoms with Gasteiger partial charge in [-0.3, -0.25) is 0 Å². The summed E-state index contributed by atoms with van der Waals surface area (Å²) in [6.45, 7) is 7.67. The SMILES string of the molecule is CCNC(=NCc1ccc(OC(C)C)nc1)NCc1cccc(F)c1.I. The van der Waals surface area contributed by atoms with Gasteiger partial charge in [-0.25, -0.2) is 14.4 Å². The number of hydrogen-bond acceptors (Lipinski definition) is 3. The van der Waals surface area contributed by atoms with Crippen LogP contribution in [0.15, 0.2) is 47.6 Å². The average Bonchev–Trinajstić information content (AvgIpc) is 2.58. The van der Waals surface area contributed by atoms with Gasteiger partial charge in [0.05, 0.1) is 12.6 Å². The zero-order valence-electron chi connectivity index (χ0n) is 15.3. The van der Waals surface area contributed by atoms with Gasteiger partial charge in [0.15, 0.2) is 5.96 Å². The molecule has 1 aromatic heterocycles. The first-order chi connectivity index (χ1) is 12.1. The van der Waals surface area contributed by atoms with E-state index >= 15 is 0 Å². The fourth-order valence-electron chi connectivity index (χ4n) is 2.16. The van der Waals surface area contributed by atoms with E-state index in [9.17, 15) is 4.39 Å². The molecule has 142 valence electrons. The van der Waals surface area contributed by atoms with Crippen molar-refractivity contribution >= 4 is 29.9 Å². The number of aromatic nitrogens is 1. The van der Waals surface area contributed by atoms with E-state index in [1.807, 2.05) is 39.0 Å². The van der Waals surface area contributed by atoms with Gasteiger partial charge in [0.1, 0.15) is 5.82 Å². The van der Waals surface area contributed by atoms with Crippen LogP contribution in [0, 0.1) is 5.82 Å². The lowest BCUT2D eigenvalue weighted by molar-refractivity contribution is 0.232. The standard InChI is InChI=1S/C19H25FN4O.HI/c1-4-21-19(23-11-15-6-5-7-17(20)10-15)24-13-16-8-9-18(22-12-16)25-14(2)3;/h5-10,12,14H,4,11,13H2,1-3H3,(H2,21,23,24);1H. The number of guanidine groups is 1. The molecule has 0 fully saturated rings. The van der Waals surface area contributed by atoms with Crippen LogP contribution in [0.1, 0.15) is 31.9 Å². The summed E-state index contributed by atoms with van der Waals surface area (Å²) < 4.78 is 18.8. The van der Waals surface area contributed by atoms with Gasteiger partial charge in [0, 0.05) is 25.4 Å². The van der Waals surface area contributed by atoms with Crippen molar-refractivity contribution in [3.05, 3.63) is 59.5 Å². The molecule has 0 spiro atoms. The summed E-state index contributed by atoms with van der Waals surface area (Å²) in [6, 6.07) is 10.3. The molecule has 2 rings (SSSR count). The predicted octanol–water partition coefficient (Wildman–Crippen LogP) is 3.88. The van der Waals surface area contributed by atoms with Crippen LogP contribution in [-0.4, -0.2) is 23.6 Å². The maximum absolute atomic E-state index is 13.2. The van der Waals surface area contributed by atoms with Crippen LogP contribution in [0.25, 0.3) is 0 Å². The second-order valence-electron chi connectivity index (χ2n) is 5.85. The first kappa shape index (κ1) is 22.1. The molecule has 0 unspecified atom stereocenters. The monoisotopic (exact) mass is 472 g/mol. The average molecular weight is 472 g/mol. The van der Waals surface area contributed by atoms with E-state index in [0.717, 1.165) is 17.7 Å². The third-order valence-electron chi connectivity index (χ3n) is 3.27. The summed E-state index contributed by atoms with van der Waals surface area (Å²) in [5, 5.41) is 6.37. The van der Waals surface area contributed by atoms with Gasteiger partial charge in [-0.2, -0.15) is 0 Å². The summed E-state index contributed by atoms with van der Waals surface area (Å²) in [5.74, 6) is 1.05. The summed E-state index contributed by atoms with van der Waals surface area (Å²) in [7, 11) is 0. The van der Waals surface area contributed by atoms with Crippen LogP contribution in [-0.2, 0) is 13.1 Å². The van der Waals surface area contributed by atoms with Crippen molar-refractivity contribution in [2.75, 3.05) is 6.54 Å². The Kier molecular flexibility index (Phi) is 9.93. The van der Waals surface area contributed by atoms with Gasteiger partial charge in [-0.15, -0.1) is 24.0 Å². The zero-order chi connectivity index (χ0) is 18.1. The van der Waals surface area contributed by atoms with Gasteiger partial charge in [0.2, 0.25) is 5.88 Å². The van der Waals surface area contributed by atoms with E-state index in [-0.39, 0.29) is 35.9 Å². The van der Waals surface area contributed by atoms with E-state index in [4.69, 9.17) is 4.74 Å². The summed E-state index contributed by atoms with van der Waals surface area (Å²) >= 11 is 0. The molecule has 0 radical (unpaired) electrons. The number of nitrogens with zero attached hydrogens (tertiary/aromatic N) is 2. The fraction of sp³-hybridized carbons (Fsp3) is 0.368. The Bertz CT molecular complexity index is 692. The molecular weight excluding hydrogens is 446 g/mol. The van der Waals surface area contributed by atoms with Crippen LogP contribution in [0.2, 0.25) is 0 Å². The predicted molar refractivity (Wildman–Crippen MR) is 113 cm³/mol. The number of nitrogens with one attached hydrogen (secondary N) is 2. The molecule has 0 amide bonds. The largest absolute Gasteiger partial charge is 0.475 e. The highest BCUT2D eigenvalue weighted by Crippen LogP contribution is 2.10. The van der Waals surface area contributed by atoms with Crippen LogP contribution in [0.4, 0.5) is 4.39 Å². The van der Waals surface area contributed by atoms with Crippen LogP contribution in [0.3, 0.4) is 0 Å². The molecule has 0 aliphatic rings. The van der Waals surface area contributed by atoms with E-state index in [1.54, 1.807) is 12.3 Å². The minimum absolute atomic E-state index is 0. The Hall–Kier alpha value is -1.90. The van der Waals surface area contributed by atoms with Crippen molar-refractivity contribution in [1.82, 2.24) is 15.6 Å². The normalized spacial score (nSPS) is 11.0. The first-order valence-corrected chi connectivity index (χ1v) is 8.45. The molecule has 0 atom stereocenters. The number of benzene rings is 1. The molecule has 2 aromatic rings. The van der Waals surface area contributed by atoms with Gasteiger partial charge in [-0.1, -0.05) is 18.2 Å². The maximum Gasteiger partial charge on any atom is 0.213 e. The van der Waals surface area contributed by atoms with Crippen molar-refractivity contribution in [3.8, 4) is 5.88 Å². The molecule has 1 aromatic carbocycles. The lowest BCUT2D eigenvalue weighted by Crippen LogP contribution is -2.36. The molecule has 0 aliphatic heterocycles. The lowest BCUT2D eigenvalue weighted by Gasteiger charge is -2.12. The highest BCUT2D eigenvalue weighted by Gasteiger charge is 2.02. The molecule has 26 heavy (non-hydrogen) atoms. The van der Waals surface area contributed by atoms with Crippen LogP contribution in [0.5, 0.6) is 5.88 Å². The Morgan fingerprint density at radius 1 is 1.19 bits per heavy atom. The molecule has 0 saturated carbocycles. The summed E-state index contributed by atoms with van der Waals surface area (Å²) in [6.07, 6.45) is 1.86. The number of halogens is 2. The first-order valence-electron chi connectivity index (χ1n) is 8.45. The van der Waals surface area contributed by atoms with Crippen molar-refractivity contribution in [2.24, 2.45) is 4.99 Å². The van der Waals surface area contributed by atoms with Gasteiger partial charge in [0.25, 0.3) is 0 Å². The van der Waals surface area contributed by atoms with Crippen molar-refractivity contribution in [2.45, 2.75) is 40.0 Å². The highest BCUT2D eigenvalue weighted by molar-refractivity contribution is 14.0. The third kappa shape index (κ3) is 7.99. The topological polar surface area (TPSA) is 58.5 Å². The number of ether oxygens (including phenoxy) is 1. The van der Waals surface area contributed by atoms with Crippen molar-refractivity contribution in [3.63, 3.8) is 0 Å². The van der Waals surface area contributed by atoms with E-state index in [2.05, 4.69) is 20.6 Å². The lowest BCUT2D eigenvalue weighted by atomic mass is 10.2. The maximum atomic E-state index is 13.2. The Labute approximate surface area is 171 Å². The molecule has 2 N–H and O–H groups in total. The van der Waals surface area contributed by atoms with E-state index < -0.39 is 0 Å². The molecule has 0 aliphatic carbocycles. The summed E-state index contributed by atoms with van der Waals surface area (Å²) in [4.78, 5) is 8.80. The minimum Gasteiger partial charge on any atom is -0.475 e. The number of aliphatic imine (C=N–C) groups is 1. The Balaban J connectivity index is 0.00000338. The zero-order valence-corrected chi connectivity index (χ0v) is 17.7. The van der Waals surface area contributed by atoms with Crippen molar-refractivity contribution < 1.29 is 9.13 Å². The van der Waals surface area contributed by atoms with Gasteiger partial charge < -0.3 is 15.4 Å². The number of rotatable bonds is 7. The summed E-state index contributed by atoms with van der Waals surface area (Å²) in [5.41, 5.74) is 1.85. The van der Waals surface area contributed by atoms with E-state index in [0.29, 0.717) is 24.9 Å². The quantitative estimate of drug-likeness (QED) is 0.365. The highest BCUT2D eigenvalue weighted by atomic mass is 127. The molecular formula is C19H26FIN4O. The Morgan fingerprint density at radius 2 is 2.00 bits per heavy atom. The van der Waals surface area contributed by atoms with Gasteiger partial charge >= 0.3 is 0 Å². The molecule has 0 bridgehead atoms. The second-order valence-corrected chi connectivity index (χ2v) is 5.85.